The molecule has 1 aliphatic rings. The molecule has 0 saturated carbocycles. The van der Waals surface area contributed by atoms with Gasteiger partial charge in [0.15, 0.2) is 0 Å². The molecule has 4 rings (SSSR count). The molecule has 7 heteroatoms. The molecule has 1 atom stereocenters. The number of nitrogens with zero attached hydrogens (tertiary/aromatic N) is 1. The summed E-state index contributed by atoms with van der Waals surface area (Å²) in [6.45, 7) is 2.67. The van der Waals surface area contributed by atoms with Crippen molar-refractivity contribution in [1.82, 2.24) is 0 Å². The summed E-state index contributed by atoms with van der Waals surface area (Å²) in [5.41, 5.74) is 8.33. The van der Waals surface area contributed by atoms with Gasteiger partial charge >= 0.3 is 5.97 Å². The predicted molar refractivity (Wildman–Crippen MR) is 124 cm³/mol. The molecule has 3 aromatic carbocycles. The third-order valence-electron chi connectivity index (χ3n) is 5.15. The normalized spacial score (nSPS) is 14.6. The summed E-state index contributed by atoms with van der Waals surface area (Å²) in [7, 11) is 0. The minimum atomic E-state index is -0.547. The zero-order valence-corrected chi connectivity index (χ0v) is 18.6. The van der Waals surface area contributed by atoms with E-state index in [9.17, 15) is 10.1 Å². The largest absolute Gasteiger partial charge is 0.494 e. The molecule has 0 fully saturated rings. The van der Waals surface area contributed by atoms with Gasteiger partial charge in [-0.1, -0.05) is 42.8 Å². The third kappa shape index (κ3) is 4.79. The monoisotopic (exact) mass is 460 g/mol. The van der Waals surface area contributed by atoms with Crippen LogP contribution in [-0.2, 0) is 0 Å². The number of esters is 1. The zero-order chi connectivity index (χ0) is 23.4. The van der Waals surface area contributed by atoms with Gasteiger partial charge in [-0.15, -0.1) is 0 Å². The second-order valence-electron chi connectivity index (χ2n) is 7.44. The van der Waals surface area contributed by atoms with E-state index in [0.29, 0.717) is 28.5 Å². The molecule has 0 bridgehead atoms. The van der Waals surface area contributed by atoms with Crippen molar-refractivity contribution in [1.29, 1.82) is 5.26 Å². The van der Waals surface area contributed by atoms with Crippen molar-refractivity contribution in [3.8, 4) is 23.3 Å². The van der Waals surface area contributed by atoms with E-state index in [2.05, 4.69) is 6.07 Å². The second kappa shape index (κ2) is 9.68. The summed E-state index contributed by atoms with van der Waals surface area (Å²) in [6.07, 6.45) is 0.914. The SMILES string of the molecule is CCCOc1ccc(C2C(C#N)=C(N)Oc3cc(OC(=O)c4cccc(Cl)c4)ccc32)cc1. The molecule has 0 aromatic heterocycles. The Morgan fingerprint density at radius 2 is 1.88 bits per heavy atom. The Hall–Kier alpha value is -3.95. The van der Waals surface area contributed by atoms with Crippen LogP contribution < -0.4 is 19.9 Å². The number of carbonyl (C=O) groups is 1. The third-order valence-corrected chi connectivity index (χ3v) is 5.38. The Bertz CT molecular complexity index is 1260. The first-order valence-corrected chi connectivity index (χ1v) is 10.8. The van der Waals surface area contributed by atoms with E-state index in [0.717, 1.165) is 23.3 Å². The molecule has 6 nitrogen and oxygen atoms in total. The molecule has 2 N–H and O–H groups in total. The van der Waals surface area contributed by atoms with Gasteiger partial charge in [-0.2, -0.15) is 5.26 Å². The van der Waals surface area contributed by atoms with E-state index in [4.69, 9.17) is 31.5 Å². The first kappa shape index (κ1) is 22.3. The lowest BCUT2D eigenvalue weighted by atomic mass is 9.83. The zero-order valence-electron chi connectivity index (χ0n) is 17.9. The highest BCUT2D eigenvalue weighted by Crippen LogP contribution is 2.43. The van der Waals surface area contributed by atoms with Gasteiger partial charge in [-0.05, 0) is 48.4 Å². The first-order chi connectivity index (χ1) is 16.0. The van der Waals surface area contributed by atoms with E-state index < -0.39 is 11.9 Å². The van der Waals surface area contributed by atoms with Gasteiger partial charge in [-0.3, -0.25) is 0 Å². The molecule has 33 heavy (non-hydrogen) atoms. The lowest BCUT2D eigenvalue weighted by Gasteiger charge is -2.26. The molecule has 1 unspecified atom stereocenters. The second-order valence-corrected chi connectivity index (χ2v) is 7.88. The molecule has 1 aliphatic heterocycles. The highest BCUT2D eigenvalue weighted by Gasteiger charge is 2.31. The number of fused-ring (bicyclic) bond motifs is 1. The lowest BCUT2D eigenvalue weighted by molar-refractivity contribution is 0.0734. The van der Waals surface area contributed by atoms with Gasteiger partial charge in [0.2, 0.25) is 5.88 Å². The first-order valence-electron chi connectivity index (χ1n) is 10.4. The summed E-state index contributed by atoms with van der Waals surface area (Å²) in [4.78, 5) is 12.5. The summed E-state index contributed by atoms with van der Waals surface area (Å²) >= 11 is 5.96. The van der Waals surface area contributed by atoms with Gasteiger partial charge in [-0.25, -0.2) is 4.79 Å². The Labute approximate surface area is 196 Å². The molecule has 0 aliphatic carbocycles. The maximum atomic E-state index is 12.5. The summed E-state index contributed by atoms with van der Waals surface area (Å²) < 4.78 is 16.9. The van der Waals surface area contributed by atoms with Crippen LogP contribution in [0.25, 0.3) is 0 Å². The molecule has 0 amide bonds. The molecule has 0 radical (unpaired) electrons. The predicted octanol–water partition coefficient (Wildman–Crippen LogP) is 5.57. The number of nitriles is 1. The number of benzene rings is 3. The van der Waals surface area contributed by atoms with Crippen molar-refractivity contribution in [3.63, 3.8) is 0 Å². The Kier molecular flexibility index (Phi) is 6.53. The van der Waals surface area contributed by atoms with Crippen LogP contribution in [0.3, 0.4) is 0 Å². The minimum Gasteiger partial charge on any atom is -0.494 e. The van der Waals surface area contributed by atoms with Gasteiger partial charge in [0.1, 0.15) is 28.9 Å². The number of hydrogen-bond donors (Lipinski definition) is 1. The molecule has 1 heterocycles. The highest BCUT2D eigenvalue weighted by molar-refractivity contribution is 6.30. The number of allylic oxidation sites excluding steroid dienone is 1. The standard InChI is InChI=1S/C26H21ClN2O4/c1-2-12-31-19-8-6-16(7-9-19)24-21-11-10-20(14-23(21)33-25(29)22(24)15-28)32-26(30)17-4-3-5-18(27)13-17/h3-11,13-14,24H,2,12,29H2,1H3. The van der Waals surface area contributed by atoms with Crippen molar-refractivity contribution in [3.05, 3.63) is 99.9 Å². The maximum absolute atomic E-state index is 12.5. The molecule has 3 aromatic rings. The van der Waals surface area contributed by atoms with Gasteiger partial charge in [0.25, 0.3) is 0 Å². The Morgan fingerprint density at radius 3 is 2.58 bits per heavy atom. The average Bonchev–Trinajstić information content (AvgIpc) is 2.82. The highest BCUT2D eigenvalue weighted by atomic mass is 35.5. The number of nitrogens with two attached hydrogens (primary N) is 1. The Balaban J connectivity index is 1.64. The molecular weight excluding hydrogens is 440 g/mol. The van der Waals surface area contributed by atoms with Crippen LogP contribution >= 0.6 is 11.6 Å². The Morgan fingerprint density at radius 1 is 1.12 bits per heavy atom. The molecule has 0 saturated heterocycles. The van der Waals surface area contributed by atoms with Crippen LogP contribution in [0.4, 0.5) is 0 Å². The number of carbonyl (C=O) groups excluding carboxylic acids is 1. The van der Waals surface area contributed by atoms with Gasteiger partial charge < -0.3 is 19.9 Å². The lowest BCUT2D eigenvalue weighted by Crippen LogP contribution is -2.21. The summed E-state index contributed by atoms with van der Waals surface area (Å²) in [5, 5.41) is 10.2. The van der Waals surface area contributed by atoms with E-state index in [-0.39, 0.29) is 11.6 Å². The van der Waals surface area contributed by atoms with Crippen LogP contribution in [0.1, 0.15) is 40.7 Å². The van der Waals surface area contributed by atoms with Crippen molar-refractivity contribution in [2.24, 2.45) is 5.73 Å². The quantitative estimate of drug-likeness (QED) is 0.382. The van der Waals surface area contributed by atoms with Crippen LogP contribution in [0.5, 0.6) is 17.2 Å². The number of rotatable bonds is 6. The van der Waals surface area contributed by atoms with Crippen LogP contribution in [0.2, 0.25) is 5.02 Å². The topological polar surface area (TPSA) is 94.6 Å². The van der Waals surface area contributed by atoms with Crippen molar-refractivity contribution in [2.75, 3.05) is 6.61 Å². The summed E-state index contributed by atoms with van der Waals surface area (Å²) in [6, 6.07) is 21.2. The summed E-state index contributed by atoms with van der Waals surface area (Å²) in [5.74, 6) is 0.504. The fourth-order valence-corrected chi connectivity index (χ4v) is 3.79. The van der Waals surface area contributed by atoms with Crippen LogP contribution in [0, 0.1) is 11.3 Å². The average molecular weight is 461 g/mol. The van der Waals surface area contributed by atoms with Crippen molar-refractivity contribution < 1.29 is 19.0 Å². The van der Waals surface area contributed by atoms with Crippen LogP contribution in [-0.4, -0.2) is 12.6 Å². The maximum Gasteiger partial charge on any atom is 0.343 e. The van der Waals surface area contributed by atoms with E-state index in [1.165, 1.54) is 6.07 Å². The fraction of sp³-hybridized carbons (Fsp3) is 0.154. The number of hydrogen-bond acceptors (Lipinski definition) is 6. The van der Waals surface area contributed by atoms with E-state index in [1.807, 2.05) is 31.2 Å². The molecule has 166 valence electrons. The number of ether oxygens (including phenoxy) is 3. The number of halogens is 1. The van der Waals surface area contributed by atoms with Gasteiger partial charge in [0, 0.05) is 16.7 Å². The molecular formula is C26H21ClN2O4. The smallest absolute Gasteiger partial charge is 0.343 e. The minimum absolute atomic E-state index is 0.0135. The fourth-order valence-electron chi connectivity index (χ4n) is 3.60. The van der Waals surface area contributed by atoms with Crippen LogP contribution in [0.15, 0.2) is 78.2 Å². The van der Waals surface area contributed by atoms with E-state index in [1.54, 1.807) is 36.4 Å². The van der Waals surface area contributed by atoms with E-state index >= 15 is 0 Å². The van der Waals surface area contributed by atoms with Gasteiger partial charge in [0.05, 0.1) is 18.1 Å². The van der Waals surface area contributed by atoms with Crippen molar-refractivity contribution in [2.45, 2.75) is 19.3 Å². The van der Waals surface area contributed by atoms with Crippen molar-refractivity contribution >= 4 is 17.6 Å². The molecule has 0 spiro atoms.